The van der Waals surface area contributed by atoms with Gasteiger partial charge in [-0.3, -0.25) is 14.8 Å². The van der Waals surface area contributed by atoms with Crippen LogP contribution in [0.3, 0.4) is 0 Å². The molecule has 0 saturated carbocycles. The Morgan fingerprint density at radius 3 is 2.57 bits per heavy atom. The lowest BCUT2D eigenvalue weighted by Crippen LogP contribution is -2.15. The fourth-order valence-corrected chi connectivity index (χ4v) is 2.62. The van der Waals surface area contributed by atoms with Gasteiger partial charge in [-0.25, -0.2) is 18.4 Å². The third kappa shape index (κ3) is 3.23. The fraction of sp³-hybridized carbons (Fsp3) is 0. The molecular weight excluding hydrogens is 327 g/mol. The van der Waals surface area contributed by atoms with E-state index < -0.39 is 31.3 Å². The topological polar surface area (TPSA) is 115 Å². The van der Waals surface area contributed by atoms with Crippen LogP contribution >= 0.6 is 11.6 Å². The number of nitro groups is 1. The zero-order valence-corrected chi connectivity index (χ0v) is 11.6. The van der Waals surface area contributed by atoms with E-state index in [1.54, 1.807) is 0 Å². The summed E-state index contributed by atoms with van der Waals surface area (Å²) < 4.78 is 39.3. The normalized spacial score (nSPS) is 11.1. The van der Waals surface area contributed by atoms with Gasteiger partial charge < -0.3 is 0 Å². The summed E-state index contributed by atoms with van der Waals surface area (Å²) in [6.07, 6.45) is 2.46. The standard InChI is InChI=1S/C10H6ClFN4O4S/c11-9-10(14-4-3-13-9)15-21(19,20)6-1-2-7(12)8(5-6)16(17)18/h1-5H,(H,14,15). The molecule has 0 unspecified atom stereocenters. The molecule has 11 heteroatoms. The number of benzene rings is 1. The molecule has 0 aliphatic heterocycles. The maximum absolute atomic E-state index is 13.2. The Kier molecular flexibility index (Phi) is 4.00. The van der Waals surface area contributed by atoms with Crippen LogP contribution in [-0.4, -0.2) is 23.3 Å². The molecule has 0 atom stereocenters. The molecule has 1 N–H and O–H groups in total. The first-order valence-electron chi connectivity index (χ1n) is 5.24. The Labute approximate surface area is 122 Å². The van der Waals surface area contributed by atoms with Crippen LogP contribution in [0.25, 0.3) is 0 Å². The highest BCUT2D eigenvalue weighted by Gasteiger charge is 2.22. The summed E-state index contributed by atoms with van der Waals surface area (Å²) in [7, 11) is -4.22. The van der Waals surface area contributed by atoms with Crippen molar-refractivity contribution in [2.45, 2.75) is 4.90 Å². The molecule has 0 amide bonds. The minimum Gasteiger partial charge on any atom is -0.261 e. The van der Waals surface area contributed by atoms with Gasteiger partial charge in [0.15, 0.2) is 11.0 Å². The lowest BCUT2D eigenvalue weighted by molar-refractivity contribution is -0.387. The number of nitro benzene ring substituents is 1. The summed E-state index contributed by atoms with van der Waals surface area (Å²) in [4.78, 5) is 16.4. The maximum Gasteiger partial charge on any atom is 0.306 e. The van der Waals surface area contributed by atoms with Crippen LogP contribution in [-0.2, 0) is 10.0 Å². The summed E-state index contributed by atoms with van der Waals surface area (Å²) in [6.45, 7) is 0. The number of nitrogens with one attached hydrogen (secondary N) is 1. The average molecular weight is 333 g/mol. The number of halogens is 2. The monoisotopic (exact) mass is 332 g/mol. The van der Waals surface area contributed by atoms with E-state index in [4.69, 9.17) is 11.6 Å². The molecule has 0 bridgehead atoms. The van der Waals surface area contributed by atoms with E-state index in [2.05, 4.69) is 9.97 Å². The predicted molar refractivity (Wildman–Crippen MR) is 70.9 cm³/mol. The third-order valence-electron chi connectivity index (χ3n) is 2.31. The zero-order chi connectivity index (χ0) is 15.6. The summed E-state index contributed by atoms with van der Waals surface area (Å²) >= 11 is 5.66. The van der Waals surface area contributed by atoms with Crippen LogP contribution in [0.4, 0.5) is 15.9 Å². The molecule has 2 rings (SSSR count). The highest BCUT2D eigenvalue weighted by atomic mass is 35.5. The van der Waals surface area contributed by atoms with E-state index in [-0.39, 0.29) is 11.0 Å². The molecule has 1 aromatic carbocycles. The molecule has 0 spiro atoms. The van der Waals surface area contributed by atoms with E-state index in [0.717, 1.165) is 6.07 Å². The zero-order valence-electron chi connectivity index (χ0n) is 10.0. The first kappa shape index (κ1) is 15.1. The van der Waals surface area contributed by atoms with Crippen LogP contribution < -0.4 is 4.72 Å². The van der Waals surface area contributed by atoms with Crippen molar-refractivity contribution in [3.63, 3.8) is 0 Å². The number of rotatable bonds is 4. The molecule has 0 aliphatic rings. The predicted octanol–water partition coefficient (Wildman–Crippen LogP) is 1.98. The number of hydrogen-bond acceptors (Lipinski definition) is 6. The maximum atomic E-state index is 13.2. The van der Waals surface area contributed by atoms with Gasteiger partial charge in [-0.05, 0) is 12.1 Å². The van der Waals surface area contributed by atoms with E-state index in [1.807, 2.05) is 4.72 Å². The second-order valence-corrected chi connectivity index (χ2v) is 5.71. The van der Waals surface area contributed by atoms with E-state index in [1.165, 1.54) is 12.4 Å². The molecule has 110 valence electrons. The number of hydrogen-bond donors (Lipinski definition) is 1. The van der Waals surface area contributed by atoms with Gasteiger partial charge in [0.1, 0.15) is 0 Å². The van der Waals surface area contributed by atoms with Gasteiger partial charge in [0.2, 0.25) is 5.82 Å². The van der Waals surface area contributed by atoms with E-state index >= 15 is 0 Å². The molecule has 1 heterocycles. The summed E-state index contributed by atoms with van der Waals surface area (Å²) in [5, 5.41) is 10.4. The molecule has 0 saturated heterocycles. The van der Waals surface area contributed by atoms with Crippen molar-refractivity contribution < 1.29 is 17.7 Å². The fourth-order valence-electron chi connectivity index (χ4n) is 1.38. The first-order chi connectivity index (χ1) is 9.81. The molecule has 1 aromatic heterocycles. The second kappa shape index (κ2) is 5.58. The lowest BCUT2D eigenvalue weighted by atomic mass is 10.3. The number of anilines is 1. The Balaban J connectivity index is 2.43. The van der Waals surface area contributed by atoms with Crippen molar-refractivity contribution in [3.05, 3.63) is 51.7 Å². The summed E-state index contributed by atoms with van der Waals surface area (Å²) in [5.41, 5.74) is -0.955. The Morgan fingerprint density at radius 1 is 1.29 bits per heavy atom. The van der Waals surface area contributed by atoms with Gasteiger partial charge in [-0.1, -0.05) is 11.6 Å². The number of nitrogens with zero attached hydrogens (tertiary/aromatic N) is 3. The molecule has 21 heavy (non-hydrogen) atoms. The van der Waals surface area contributed by atoms with Gasteiger partial charge >= 0.3 is 5.69 Å². The Hall–Kier alpha value is -2.33. The number of sulfonamides is 1. The van der Waals surface area contributed by atoms with Crippen LogP contribution in [0.5, 0.6) is 0 Å². The van der Waals surface area contributed by atoms with Crippen LogP contribution in [0.1, 0.15) is 0 Å². The highest BCUT2D eigenvalue weighted by molar-refractivity contribution is 7.92. The highest BCUT2D eigenvalue weighted by Crippen LogP contribution is 2.24. The first-order valence-corrected chi connectivity index (χ1v) is 7.10. The van der Waals surface area contributed by atoms with Gasteiger partial charge in [0, 0.05) is 18.5 Å². The van der Waals surface area contributed by atoms with Gasteiger partial charge in [-0.15, -0.1) is 0 Å². The molecule has 0 aliphatic carbocycles. The third-order valence-corrected chi connectivity index (χ3v) is 3.92. The van der Waals surface area contributed by atoms with Crippen LogP contribution in [0.15, 0.2) is 35.5 Å². The molecule has 0 fully saturated rings. The summed E-state index contributed by atoms with van der Waals surface area (Å²) in [6, 6.07) is 2.17. The van der Waals surface area contributed by atoms with E-state index in [9.17, 15) is 22.9 Å². The molecule has 8 nitrogen and oxygen atoms in total. The smallest absolute Gasteiger partial charge is 0.261 e. The summed E-state index contributed by atoms with van der Waals surface area (Å²) in [5.74, 6) is -1.39. The van der Waals surface area contributed by atoms with Crippen LogP contribution in [0, 0.1) is 15.9 Å². The Morgan fingerprint density at radius 2 is 1.95 bits per heavy atom. The van der Waals surface area contributed by atoms with Crippen LogP contribution in [0.2, 0.25) is 5.15 Å². The molecular formula is C10H6ClFN4O4S. The largest absolute Gasteiger partial charge is 0.306 e. The van der Waals surface area contributed by atoms with Crippen molar-refractivity contribution in [1.82, 2.24) is 9.97 Å². The van der Waals surface area contributed by atoms with Crippen molar-refractivity contribution >= 4 is 33.1 Å². The number of aromatic nitrogens is 2. The van der Waals surface area contributed by atoms with E-state index in [0.29, 0.717) is 12.1 Å². The van der Waals surface area contributed by atoms with Gasteiger partial charge in [0.05, 0.1) is 9.82 Å². The van der Waals surface area contributed by atoms with Gasteiger partial charge in [-0.2, -0.15) is 4.39 Å². The SMILES string of the molecule is O=[N+]([O-])c1cc(S(=O)(=O)Nc2nccnc2Cl)ccc1F. The lowest BCUT2D eigenvalue weighted by Gasteiger charge is -2.07. The minimum absolute atomic E-state index is 0.197. The second-order valence-electron chi connectivity index (χ2n) is 3.67. The van der Waals surface area contributed by atoms with Crippen molar-refractivity contribution in [1.29, 1.82) is 0 Å². The average Bonchev–Trinajstić information content (AvgIpc) is 2.41. The molecule has 2 aromatic rings. The minimum atomic E-state index is -4.22. The van der Waals surface area contributed by atoms with Crippen molar-refractivity contribution in [3.8, 4) is 0 Å². The Bertz CT molecular complexity index is 814. The van der Waals surface area contributed by atoms with Crippen molar-refractivity contribution in [2.24, 2.45) is 0 Å². The van der Waals surface area contributed by atoms with Gasteiger partial charge in [0.25, 0.3) is 10.0 Å². The van der Waals surface area contributed by atoms with Crippen molar-refractivity contribution in [2.75, 3.05) is 4.72 Å². The quantitative estimate of drug-likeness (QED) is 0.676. The molecule has 0 radical (unpaired) electrons.